The summed E-state index contributed by atoms with van der Waals surface area (Å²) in [5.41, 5.74) is 3.98. The van der Waals surface area contributed by atoms with Crippen LogP contribution in [0, 0.1) is 0 Å². The van der Waals surface area contributed by atoms with Crippen molar-refractivity contribution in [3.63, 3.8) is 0 Å². The molecule has 0 amide bonds. The Hall–Kier alpha value is -2.15. The number of para-hydroxylation sites is 1. The van der Waals surface area contributed by atoms with E-state index in [1.54, 1.807) is 0 Å². The van der Waals surface area contributed by atoms with Gasteiger partial charge in [-0.3, -0.25) is 0 Å². The Balaban J connectivity index is 2.03. The number of fused-ring (bicyclic) bond motifs is 1. The van der Waals surface area contributed by atoms with E-state index >= 15 is 0 Å². The first kappa shape index (κ1) is 11.0. The molecule has 1 aromatic heterocycles. The van der Waals surface area contributed by atoms with Crippen molar-refractivity contribution >= 4 is 10.9 Å². The Morgan fingerprint density at radius 1 is 0.833 bits per heavy atom. The van der Waals surface area contributed by atoms with Gasteiger partial charge in [0.05, 0.1) is 0 Å². The van der Waals surface area contributed by atoms with Crippen LogP contribution in [0.1, 0.15) is 11.1 Å². The predicted molar refractivity (Wildman–Crippen MR) is 74.4 cm³/mol. The third kappa shape index (κ3) is 2.12. The predicted octanol–water partition coefficient (Wildman–Crippen LogP) is 3.26. The van der Waals surface area contributed by atoms with Crippen molar-refractivity contribution in [1.29, 1.82) is 0 Å². The van der Waals surface area contributed by atoms with Crippen molar-refractivity contribution < 1.29 is 4.57 Å². The topological polar surface area (TPSA) is 3.88 Å². The SMILES string of the molecule is C[n+]1cc(Cc2ccccc2)cc2ccccc21. The van der Waals surface area contributed by atoms with Gasteiger partial charge in [-0.15, -0.1) is 0 Å². The largest absolute Gasteiger partial charge is 0.212 e. The molecule has 0 fully saturated rings. The van der Waals surface area contributed by atoms with Gasteiger partial charge in [0.25, 0.3) is 0 Å². The second kappa shape index (κ2) is 4.61. The van der Waals surface area contributed by atoms with Crippen LogP contribution in [0.15, 0.2) is 66.9 Å². The Kier molecular flexibility index (Phi) is 2.81. The minimum Gasteiger partial charge on any atom is -0.201 e. The number of benzene rings is 2. The first-order valence-electron chi connectivity index (χ1n) is 6.24. The number of aromatic nitrogens is 1. The molecule has 0 aliphatic rings. The molecule has 1 nitrogen and oxygen atoms in total. The summed E-state index contributed by atoms with van der Waals surface area (Å²) in [6.07, 6.45) is 3.20. The minimum absolute atomic E-state index is 0.986. The van der Waals surface area contributed by atoms with Crippen LogP contribution in [0.25, 0.3) is 10.9 Å². The fourth-order valence-electron chi connectivity index (χ4n) is 2.41. The van der Waals surface area contributed by atoms with Gasteiger partial charge in [0.1, 0.15) is 7.05 Å². The molecular weight excluding hydrogens is 218 g/mol. The molecule has 0 N–H and O–H groups in total. The van der Waals surface area contributed by atoms with Crippen LogP contribution in [-0.2, 0) is 13.5 Å². The third-order valence-electron chi connectivity index (χ3n) is 3.27. The summed E-state index contributed by atoms with van der Waals surface area (Å²) in [6, 6.07) is 21.4. The standard InChI is InChI=1S/C17H16N/c1-18-13-15(11-14-7-3-2-4-8-14)12-16-9-5-6-10-17(16)18/h2-10,12-13H,11H2,1H3/q+1. The van der Waals surface area contributed by atoms with Gasteiger partial charge in [0, 0.05) is 23.4 Å². The van der Waals surface area contributed by atoms with Crippen LogP contribution in [0.2, 0.25) is 0 Å². The van der Waals surface area contributed by atoms with E-state index in [0.717, 1.165) is 6.42 Å². The van der Waals surface area contributed by atoms with Crippen molar-refractivity contribution in [2.75, 3.05) is 0 Å². The molecule has 0 radical (unpaired) electrons. The summed E-state index contributed by atoms with van der Waals surface area (Å²) in [5, 5.41) is 1.30. The molecule has 0 saturated heterocycles. The zero-order valence-corrected chi connectivity index (χ0v) is 10.5. The maximum atomic E-state index is 2.28. The molecule has 1 heteroatoms. The van der Waals surface area contributed by atoms with Crippen molar-refractivity contribution in [2.45, 2.75) is 6.42 Å². The van der Waals surface area contributed by atoms with Gasteiger partial charge in [-0.1, -0.05) is 42.5 Å². The Morgan fingerprint density at radius 2 is 1.56 bits per heavy atom. The first-order chi connectivity index (χ1) is 8.83. The number of rotatable bonds is 2. The van der Waals surface area contributed by atoms with Gasteiger partial charge in [-0.25, -0.2) is 4.57 Å². The average molecular weight is 234 g/mol. The number of pyridine rings is 1. The van der Waals surface area contributed by atoms with Crippen molar-refractivity contribution in [1.82, 2.24) is 0 Å². The molecule has 18 heavy (non-hydrogen) atoms. The fraction of sp³-hybridized carbons (Fsp3) is 0.118. The maximum absolute atomic E-state index is 2.28. The highest BCUT2D eigenvalue weighted by Gasteiger charge is 2.07. The normalized spacial score (nSPS) is 10.7. The molecule has 3 rings (SSSR count). The van der Waals surface area contributed by atoms with Gasteiger partial charge < -0.3 is 0 Å². The Morgan fingerprint density at radius 3 is 2.39 bits per heavy atom. The first-order valence-corrected chi connectivity index (χ1v) is 6.24. The molecule has 0 aliphatic carbocycles. The molecule has 0 spiro atoms. The second-order valence-corrected chi connectivity index (χ2v) is 4.68. The van der Waals surface area contributed by atoms with E-state index in [0.29, 0.717) is 0 Å². The summed E-state index contributed by atoms with van der Waals surface area (Å²) in [5.74, 6) is 0. The molecule has 2 aromatic carbocycles. The Labute approximate surface area is 107 Å². The van der Waals surface area contributed by atoms with E-state index in [2.05, 4.69) is 78.5 Å². The quantitative estimate of drug-likeness (QED) is 0.599. The molecule has 88 valence electrons. The van der Waals surface area contributed by atoms with Gasteiger partial charge in [-0.05, 0) is 17.7 Å². The zero-order valence-electron chi connectivity index (χ0n) is 10.5. The lowest BCUT2D eigenvalue weighted by Crippen LogP contribution is -2.29. The van der Waals surface area contributed by atoms with Crippen LogP contribution in [0.3, 0.4) is 0 Å². The molecule has 0 atom stereocenters. The summed E-state index contributed by atoms with van der Waals surface area (Å²) >= 11 is 0. The van der Waals surface area contributed by atoms with Crippen molar-refractivity contribution in [3.8, 4) is 0 Å². The number of hydrogen-bond acceptors (Lipinski definition) is 0. The molecule has 3 aromatic rings. The van der Waals surface area contributed by atoms with E-state index < -0.39 is 0 Å². The summed E-state index contributed by atoms with van der Waals surface area (Å²) in [6.45, 7) is 0. The fourth-order valence-corrected chi connectivity index (χ4v) is 2.41. The van der Waals surface area contributed by atoms with E-state index in [4.69, 9.17) is 0 Å². The van der Waals surface area contributed by atoms with Gasteiger partial charge in [-0.2, -0.15) is 0 Å². The number of hydrogen-bond donors (Lipinski definition) is 0. The molecule has 1 heterocycles. The molecule has 0 saturated carbocycles. The monoisotopic (exact) mass is 234 g/mol. The van der Waals surface area contributed by atoms with Gasteiger partial charge in [0.15, 0.2) is 6.20 Å². The third-order valence-corrected chi connectivity index (χ3v) is 3.27. The highest BCUT2D eigenvalue weighted by atomic mass is 14.9. The lowest BCUT2D eigenvalue weighted by Gasteiger charge is -2.03. The molecular formula is C17H16N+. The van der Waals surface area contributed by atoms with Crippen LogP contribution in [0.4, 0.5) is 0 Å². The van der Waals surface area contributed by atoms with E-state index in [-0.39, 0.29) is 0 Å². The van der Waals surface area contributed by atoms with E-state index in [1.807, 2.05) is 0 Å². The summed E-state index contributed by atoms with van der Waals surface area (Å²) in [4.78, 5) is 0. The maximum Gasteiger partial charge on any atom is 0.212 e. The highest BCUT2D eigenvalue weighted by molar-refractivity contribution is 5.75. The lowest BCUT2D eigenvalue weighted by molar-refractivity contribution is -0.645. The van der Waals surface area contributed by atoms with E-state index in [1.165, 1.54) is 22.0 Å². The second-order valence-electron chi connectivity index (χ2n) is 4.68. The number of aryl methyl sites for hydroxylation is 1. The smallest absolute Gasteiger partial charge is 0.201 e. The van der Waals surface area contributed by atoms with Crippen LogP contribution < -0.4 is 4.57 Å². The number of nitrogens with zero attached hydrogens (tertiary/aromatic N) is 1. The molecule has 0 aliphatic heterocycles. The van der Waals surface area contributed by atoms with Crippen molar-refractivity contribution in [3.05, 3.63) is 78.0 Å². The van der Waals surface area contributed by atoms with Gasteiger partial charge >= 0.3 is 0 Å². The average Bonchev–Trinajstić information content (AvgIpc) is 2.40. The highest BCUT2D eigenvalue weighted by Crippen LogP contribution is 2.14. The van der Waals surface area contributed by atoms with Gasteiger partial charge in [0.2, 0.25) is 5.52 Å². The van der Waals surface area contributed by atoms with Crippen LogP contribution >= 0.6 is 0 Å². The lowest BCUT2D eigenvalue weighted by atomic mass is 10.0. The summed E-state index contributed by atoms with van der Waals surface area (Å²) in [7, 11) is 2.11. The Bertz CT molecular complexity index is 672. The van der Waals surface area contributed by atoms with Crippen molar-refractivity contribution in [2.24, 2.45) is 7.05 Å². The van der Waals surface area contributed by atoms with E-state index in [9.17, 15) is 0 Å². The minimum atomic E-state index is 0.986. The zero-order chi connectivity index (χ0) is 12.4. The molecule has 0 unspecified atom stereocenters. The van der Waals surface area contributed by atoms with Crippen LogP contribution in [-0.4, -0.2) is 0 Å². The molecule has 0 bridgehead atoms. The van der Waals surface area contributed by atoms with Crippen LogP contribution in [0.5, 0.6) is 0 Å². The summed E-state index contributed by atoms with van der Waals surface area (Å²) < 4.78 is 2.20.